The Morgan fingerprint density at radius 3 is 2.57 bits per heavy atom. The first-order chi connectivity index (χ1) is 13.4. The third kappa shape index (κ3) is 3.89. The largest absolute Gasteiger partial charge is 0.465 e. The first-order valence-corrected chi connectivity index (χ1v) is 8.66. The van der Waals surface area contributed by atoms with Crippen LogP contribution in [-0.2, 0) is 11.3 Å². The van der Waals surface area contributed by atoms with Gasteiger partial charge in [0.1, 0.15) is 22.8 Å². The standard InChI is InChI=1S/C20H16ClFN2O4/c1-11-16(18(24-28-11)17-14(21)4-3-5-15(17)22)19(25)23-10-12-6-8-13(9-7-12)20(26)27-2/h3-9H,10H2,1-2H3,(H,23,25). The molecule has 1 N–H and O–H groups in total. The van der Waals surface area contributed by atoms with E-state index in [0.717, 1.165) is 5.56 Å². The number of aromatic nitrogens is 1. The molecule has 1 amide bonds. The van der Waals surface area contributed by atoms with Crippen LogP contribution in [0.5, 0.6) is 0 Å². The van der Waals surface area contributed by atoms with E-state index in [2.05, 4.69) is 15.2 Å². The van der Waals surface area contributed by atoms with E-state index in [9.17, 15) is 14.0 Å². The van der Waals surface area contributed by atoms with Crippen LogP contribution in [0.1, 0.15) is 32.0 Å². The van der Waals surface area contributed by atoms with Gasteiger partial charge in [-0.05, 0) is 36.8 Å². The van der Waals surface area contributed by atoms with Crippen molar-refractivity contribution < 1.29 is 23.2 Å². The van der Waals surface area contributed by atoms with Crippen LogP contribution in [0, 0.1) is 12.7 Å². The molecule has 0 atom stereocenters. The van der Waals surface area contributed by atoms with Crippen molar-refractivity contribution in [3.8, 4) is 11.3 Å². The zero-order chi connectivity index (χ0) is 20.3. The molecule has 0 saturated heterocycles. The van der Waals surface area contributed by atoms with Gasteiger partial charge in [-0.25, -0.2) is 9.18 Å². The highest BCUT2D eigenvalue weighted by atomic mass is 35.5. The van der Waals surface area contributed by atoms with Crippen LogP contribution in [0.3, 0.4) is 0 Å². The van der Waals surface area contributed by atoms with E-state index >= 15 is 0 Å². The van der Waals surface area contributed by atoms with Gasteiger partial charge in [0.05, 0.1) is 23.3 Å². The monoisotopic (exact) mass is 402 g/mol. The van der Waals surface area contributed by atoms with Gasteiger partial charge < -0.3 is 14.6 Å². The van der Waals surface area contributed by atoms with Gasteiger partial charge in [0.2, 0.25) is 0 Å². The van der Waals surface area contributed by atoms with Gasteiger partial charge in [0.15, 0.2) is 0 Å². The molecule has 0 saturated carbocycles. The Kier molecular flexibility index (Phi) is 5.75. The Balaban J connectivity index is 1.81. The maximum Gasteiger partial charge on any atom is 0.337 e. The number of benzene rings is 2. The fourth-order valence-electron chi connectivity index (χ4n) is 2.68. The highest BCUT2D eigenvalue weighted by Crippen LogP contribution is 2.33. The van der Waals surface area contributed by atoms with E-state index in [4.69, 9.17) is 16.1 Å². The lowest BCUT2D eigenvalue weighted by molar-refractivity contribution is 0.0600. The molecule has 1 heterocycles. The molecule has 3 rings (SSSR count). The number of rotatable bonds is 5. The molecule has 3 aromatic rings. The van der Waals surface area contributed by atoms with Gasteiger partial charge in [0, 0.05) is 6.54 Å². The maximum absolute atomic E-state index is 14.2. The molecule has 0 aliphatic heterocycles. The summed E-state index contributed by atoms with van der Waals surface area (Å²) < 4.78 is 24.0. The number of carbonyl (C=O) groups excluding carboxylic acids is 2. The normalized spacial score (nSPS) is 10.6. The van der Waals surface area contributed by atoms with Crippen LogP contribution >= 0.6 is 11.6 Å². The lowest BCUT2D eigenvalue weighted by Crippen LogP contribution is -2.23. The summed E-state index contributed by atoms with van der Waals surface area (Å²) in [7, 11) is 1.30. The molecular formula is C20H16ClFN2O4. The summed E-state index contributed by atoms with van der Waals surface area (Å²) in [6.07, 6.45) is 0. The summed E-state index contributed by atoms with van der Waals surface area (Å²) in [5.74, 6) is -1.28. The number of aryl methyl sites for hydroxylation is 1. The molecule has 0 spiro atoms. The van der Waals surface area contributed by atoms with E-state index in [0.29, 0.717) is 5.56 Å². The second-order valence-electron chi connectivity index (χ2n) is 5.93. The number of halogens is 2. The van der Waals surface area contributed by atoms with Crippen molar-refractivity contribution in [2.24, 2.45) is 0 Å². The Morgan fingerprint density at radius 2 is 1.93 bits per heavy atom. The van der Waals surface area contributed by atoms with E-state index in [-0.39, 0.29) is 34.1 Å². The van der Waals surface area contributed by atoms with Crippen molar-refractivity contribution in [2.75, 3.05) is 7.11 Å². The second kappa shape index (κ2) is 8.22. The zero-order valence-electron chi connectivity index (χ0n) is 15.1. The molecule has 0 unspecified atom stereocenters. The number of carbonyl (C=O) groups is 2. The fraction of sp³-hybridized carbons (Fsp3) is 0.150. The number of esters is 1. The van der Waals surface area contributed by atoms with Gasteiger partial charge in [-0.15, -0.1) is 0 Å². The molecule has 2 aromatic carbocycles. The quantitative estimate of drug-likeness (QED) is 0.648. The van der Waals surface area contributed by atoms with Crippen LogP contribution < -0.4 is 5.32 Å². The summed E-state index contributed by atoms with van der Waals surface area (Å²) in [5, 5.41) is 6.67. The van der Waals surface area contributed by atoms with Crippen LogP contribution in [0.2, 0.25) is 5.02 Å². The average Bonchev–Trinajstić information content (AvgIpc) is 3.07. The molecule has 0 aliphatic rings. The smallest absolute Gasteiger partial charge is 0.337 e. The zero-order valence-corrected chi connectivity index (χ0v) is 15.8. The summed E-state index contributed by atoms with van der Waals surface area (Å²) in [6, 6.07) is 10.8. The molecule has 0 fully saturated rings. The summed E-state index contributed by atoms with van der Waals surface area (Å²) >= 11 is 6.08. The lowest BCUT2D eigenvalue weighted by Gasteiger charge is -2.08. The molecule has 0 bridgehead atoms. The number of nitrogens with zero attached hydrogens (tertiary/aromatic N) is 1. The minimum atomic E-state index is -0.603. The number of hydrogen-bond acceptors (Lipinski definition) is 5. The molecule has 0 aliphatic carbocycles. The minimum Gasteiger partial charge on any atom is -0.465 e. The number of ether oxygens (including phenoxy) is 1. The third-order valence-corrected chi connectivity index (χ3v) is 4.43. The van der Waals surface area contributed by atoms with Gasteiger partial charge in [0.25, 0.3) is 5.91 Å². The van der Waals surface area contributed by atoms with Crippen molar-refractivity contribution in [3.63, 3.8) is 0 Å². The predicted molar refractivity (Wildman–Crippen MR) is 101 cm³/mol. The van der Waals surface area contributed by atoms with Crippen molar-refractivity contribution in [1.29, 1.82) is 0 Å². The number of hydrogen-bond donors (Lipinski definition) is 1. The Hall–Kier alpha value is -3.19. The summed E-state index contributed by atoms with van der Waals surface area (Å²) in [5.41, 5.74) is 1.33. The molecule has 1 aromatic heterocycles. The summed E-state index contributed by atoms with van der Waals surface area (Å²) in [6.45, 7) is 1.75. The van der Waals surface area contributed by atoms with Crippen LogP contribution in [0.4, 0.5) is 4.39 Å². The first-order valence-electron chi connectivity index (χ1n) is 8.28. The predicted octanol–water partition coefficient (Wildman–Crippen LogP) is 4.16. The molecule has 0 radical (unpaired) electrons. The van der Waals surface area contributed by atoms with Gasteiger partial charge in [-0.2, -0.15) is 0 Å². The fourth-order valence-corrected chi connectivity index (χ4v) is 2.93. The molecule has 28 heavy (non-hydrogen) atoms. The van der Waals surface area contributed by atoms with Crippen LogP contribution in [0.15, 0.2) is 47.0 Å². The van der Waals surface area contributed by atoms with Crippen molar-refractivity contribution in [1.82, 2.24) is 10.5 Å². The Labute approximate surface area is 165 Å². The maximum atomic E-state index is 14.2. The number of methoxy groups -OCH3 is 1. The van der Waals surface area contributed by atoms with Crippen molar-refractivity contribution >= 4 is 23.5 Å². The molecule has 6 nitrogen and oxygen atoms in total. The molecular weight excluding hydrogens is 387 g/mol. The SMILES string of the molecule is COC(=O)c1ccc(CNC(=O)c2c(-c3c(F)cccc3Cl)noc2C)cc1. The molecule has 144 valence electrons. The minimum absolute atomic E-state index is 0.00796. The Bertz CT molecular complexity index is 1010. The van der Waals surface area contributed by atoms with Gasteiger partial charge in [-0.3, -0.25) is 4.79 Å². The average molecular weight is 403 g/mol. The topological polar surface area (TPSA) is 81.4 Å². The van der Waals surface area contributed by atoms with Crippen molar-refractivity contribution in [3.05, 3.63) is 75.8 Å². The van der Waals surface area contributed by atoms with E-state index in [1.54, 1.807) is 31.2 Å². The first kappa shape index (κ1) is 19.6. The van der Waals surface area contributed by atoms with Crippen molar-refractivity contribution in [2.45, 2.75) is 13.5 Å². The third-order valence-electron chi connectivity index (χ3n) is 4.12. The van der Waals surface area contributed by atoms with E-state index in [1.165, 1.54) is 25.3 Å². The lowest BCUT2D eigenvalue weighted by atomic mass is 10.0. The van der Waals surface area contributed by atoms with Crippen LogP contribution in [0.25, 0.3) is 11.3 Å². The van der Waals surface area contributed by atoms with Gasteiger partial charge in [-0.1, -0.05) is 35.0 Å². The number of nitrogens with one attached hydrogen (secondary N) is 1. The van der Waals surface area contributed by atoms with E-state index in [1.807, 2.05) is 0 Å². The van der Waals surface area contributed by atoms with Gasteiger partial charge >= 0.3 is 5.97 Å². The highest BCUT2D eigenvalue weighted by Gasteiger charge is 2.25. The Morgan fingerprint density at radius 1 is 1.21 bits per heavy atom. The highest BCUT2D eigenvalue weighted by molar-refractivity contribution is 6.33. The van der Waals surface area contributed by atoms with Crippen LogP contribution in [-0.4, -0.2) is 24.1 Å². The molecule has 8 heteroatoms. The van der Waals surface area contributed by atoms with E-state index < -0.39 is 17.7 Å². The second-order valence-corrected chi connectivity index (χ2v) is 6.34. The number of amides is 1. The summed E-state index contributed by atoms with van der Waals surface area (Å²) in [4.78, 5) is 24.1.